The van der Waals surface area contributed by atoms with E-state index in [4.69, 9.17) is 11.1 Å². The number of carbonyl (C=O) groups is 2. The molecule has 23 heavy (non-hydrogen) atoms. The number of methoxy groups -OCH3 is 1. The highest BCUT2D eigenvalue weighted by molar-refractivity contribution is 5.97. The van der Waals surface area contributed by atoms with Gasteiger partial charge in [-0.3, -0.25) is 4.79 Å². The van der Waals surface area contributed by atoms with Crippen LogP contribution in [-0.4, -0.2) is 37.0 Å². The van der Waals surface area contributed by atoms with Gasteiger partial charge in [-0.25, -0.2) is 4.79 Å². The van der Waals surface area contributed by atoms with Gasteiger partial charge in [-0.05, 0) is 41.7 Å². The quantitative estimate of drug-likeness (QED) is 0.344. The van der Waals surface area contributed by atoms with Crippen molar-refractivity contribution in [1.82, 2.24) is 4.90 Å². The second-order valence-corrected chi connectivity index (χ2v) is 4.58. The summed E-state index contributed by atoms with van der Waals surface area (Å²) >= 11 is 0. The van der Waals surface area contributed by atoms with E-state index in [0.717, 1.165) is 0 Å². The molecule has 0 bridgehead atoms. The first-order chi connectivity index (χ1) is 10.9. The minimum Gasteiger partial charge on any atom is -0.467 e. The number of hydrogen-bond acceptors (Lipinski definition) is 5. The molecule has 0 spiro atoms. The topological polar surface area (TPSA) is 144 Å². The highest BCUT2D eigenvalue weighted by Crippen LogP contribution is 2.21. The summed E-state index contributed by atoms with van der Waals surface area (Å²) in [5, 5.41) is 6.87. The Morgan fingerprint density at radius 3 is 2.57 bits per heavy atom. The summed E-state index contributed by atoms with van der Waals surface area (Å²) in [6.45, 7) is 1.53. The fourth-order valence-corrected chi connectivity index (χ4v) is 1.82. The Morgan fingerprint density at radius 1 is 1.30 bits per heavy atom. The fraction of sp³-hybridized carbons (Fsp3) is 0.385. The average molecular weight is 317 g/mol. The van der Waals surface area contributed by atoms with Gasteiger partial charge < -0.3 is 9.64 Å². The minimum atomic E-state index is -0.781. The van der Waals surface area contributed by atoms with Crippen LogP contribution < -0.4 is 0 Å². The Kier molecular flexibility index (Phi) is 6.42. The van der Waals surface area contributed by atoms with Crippen LogP contribution in [0, 0.1) is 0 Å². The van der Waals surface area contributed by atoms with Crippen LogP contribution in [0.5, 0.6) is 0 Å². The molecule has 1 amide bonds. The molecule has 0 fully saturated rings. The van der Waals surface area contributed by atoms with Gasteiger partial charge in [-0.2, -0.15) is 0 Å². The van der Waals surface area contributed by atoms with Gasteiger partial charge in [-0.15, -0.1) is 0 Å². The molecule has 10 heteroatoms. The lowest BCUT2D eigenvalue weighted by Gasteiger charge is -2.23. The smallest absolute Gasteiger partial charge is 0.328 e. The predicted octanol–water partition coefficient (Wildman–Crippen LogP) is 3.07. The summed E-state index contributed by atoms with van der Waals surface area (Å²) < 4.78 is 4.60. The molecule has 1 rings (SSSR count). The van der Waals surface area contributed by atoms with Gasteiger partial charge in [0.1, 0.15) is 6.04 Å². The van der Waals surface area contributed by atoms with Crippen molar-refractivity contribution in [2.75, 3.05) is 14.2 Å². The first-order valence-electron chi connectivity index (χ1n) is 6.49. The number of esters is 1. The third-order valence-electron chi connectivity index (χ3n) is 3.14. The van der Waals surface area contributed by atoms with Crippen LogP contribution in [0.2, 0.25) is 0 Å². The van der Waals surface area contributed by atoms with Crippen molar-refractivity contribution in [2.45, 2.75) is 19.5 Å². The molecule has 10 nitrogen and oxygen atoms in total. The Morgan fingerprint density at radius 2 is 2.00 bits per heavy atom. The van der Waals surface area contributed by atoms with E-state index in [2.05, 4.69) is 24.8 Å². The molecule has 0 aliphatic heterocycles. The van der Waals surface area contributed by atoms with Crippen LogP contribution in [-0.2, 0) is 16.1 Å². The third-order valence-corrected chi connectivity index (χ3v) is 3.14. The predicted molar refractivity (Wildman–Crippen MR) is 81.7 cm³/mol. The van der Waals surface area contributed by atoms with E-state index in [0.29, 0.717) is 5.56 Å². The van der Waals surface area contributed by atoms with Crippen LogP contribution >= 0.6 is 0 Å². The second-order valence-electron chi connectivity index (χ2n) is 4.58. The largest absolute Gasteiger partial charge is 0.467 e. The van der Waals surface area contributed by atoms with Crippen molar-refractivity contribution in [3.05, 3.63) is 50.2 Å². The van der Waals surface area contributed by atoms with Crippen LogP contribution in [0.25, 0.3) is 20.9 Å². The van der Waals surface area contributed by atoms with Crippen molar-refractivity contribution in [1.29, 1.82) is 0 Å². The summed E-state index contributed by atoms with van der Waals surface area (Å²) in [5.74, 6) is -1.01. The zero-order valence-electron chi connectivity index (χ0n) is 12.9. The lowest BCUT2D eigenvalue weighted by molar-refractivity contribution is -0.144. The molecule has 0 aliphatic carbocycles. The van der Waals surface area contributed by atoms with Gasteiger partial charge in [0.15, 0.2) is 0 Å². The summed E-state index contributed by atoms with van der Waals surface area (Å²) in [4.78, 5) is 30.5. The maximum Gasteiger partial charge on any atom is 0.328 e. The molecule has 1 aromatic rings. The lowest BCUT2D eigenvalue weighted by atomic mass is 10.1. The Labute approximate surface area is 131 Å². The Balaban J connectivity index is 3.20. The molecule has 0 radical (unpaired) electrons. The zero-order valence-corrected chi connectivity index (χ0v) is 12.9. The zero-order chi connectivity index (χ0) is 17.4. The van der Waals surface area contributed by atoms with E-state index in [1.54, 1.807) is 0 Å². The Hall–Kier alpha value is -3.22. The maximum absolute atomic E-state index is 12.5. The monoisotopic (exact) mass is 317 g/mol. The maximum atomic E-state index is 12.5. The minimum absolute atomic E-state index is 0.00182. The fourth-order valence-electron chi connectivity index (χ4n) is 1.82. The van der Waals surface area contributed by atoms with E-state index in [-0.39, 0.29) is 17.8 Å². The third kappa shape index (κ3) is 4.63. The normalized spacial score (nSPS) is 10.7. The van der Waals surface area contributed by atoms with Gasteiger partial charge in [0.05, 0.1) is 13.7 Å². The average Bonchev–Trinajstić information content (AvgIpc) is 2.57. The molecule has 1 unspecified atom stereocenters. The first kappa shape index (κ1) is 17.8. The number of azide groups is 2. The molecule has 0 aliphatic rings. The standard InChI is InChI=1S/C13H15N7O3/c1-8(13(22)23-3)20(2)12(21)10-4-9(7-16-18-14)5-11(6-10)17-19-15/h4-6,8H,7H2,1-3H3. The van der Waals surface area contributed by atoms with Crippen molar-refractivity contribution >= 4 is 17.6 Å². The molecule has 0 N–H and O–H groups in total. The summed E-state index contributed by atoms with van der Waals surface area (Å²) in [5.41, 5.74) is 17.8. The van der Waals surface area contributed by atoms with Gasteiger partial charge in [0.2, 0.25) is 0 Å². The van der Waals surface area contributed by atoms with Gasteiger partial charge >= 0.3 is 5.97 Å². The molecule has 1 aromatic carbocycles. The van der Waals surface area contributed by atoms with Crippen molar-refractivity contribution in [2.24, 2.45) is 10.2 Å². The van der Waals surface area contributed by atoms with Crippen LogP contribution in [0.3, 0.4) is 0 Å². The van der Waals surface area contributed by atoms with E-state index in [1.165, 1.54) is 44.2 Å². The lowest BCUT2D eigenvalue weighted by Crippen LogP contribution is -2.40. The number of nitrogens with zero attached hydrogens (tertiary/aromatic N) is 7. The molecular weight excluding hydrogens is 302 g/mol. The number of ether oxygens (including phenoxy) is 1. The van der Waals surface area contributed by atoms with Gasteiger partial charge in [-0.1, -0.05) is 10.2 Å². The SMILES string of the molecule is COC(=O)C(C)N(C)C(=O)c1cc(CN=[N+]=[N-])cc(N=[N+]=[N-])c1. The molecule has 120 valence electrons. The summed E-state index contributed by atoms with van der Waals surface area (Å²) in [6, 6.07) is 3.63. The van der Waals surface area contributed by atoms with E-state index in [9.17, 15) is 9.59 Å². The van der Waals surface area contributed by atoms with Gasteiger partial charge in [0, 0.05) is 28.1 Å². The van der Waals surface area contributed by atoms with E-state index in [1.807, 2.05) is 0 Å². The number of hydrogen-bond donors (Lipinski definition) is 0. The van der Waals surface area contributed by atoms with Crippen molar-refractivity contribution < 1.29 is 14.3 Å². The van der Waals surface area contributed by atoms with Crippen molar-refractivity contribution in [3.8, 4) is 0 Å². The number of rotatable bonds is 6. The molecule has 0 saturated carbocycles. The molecule has 1 atom stereocenters. The highest BCUT2D eigenvalue weighted by atomic mass is 16.5. The van der Waals surface area contributed by atoms with Gasteiger partial charge in [0.25, 0.3) is 5.91 Å². The number of carbonyl (C=O) groups excluding carboxylic acids is 2. The summed E-state index contributed by atoms with van der Waals surface area (Å²) in [7, 11) is 2.69. The van der Waals surface area contributed by atoms with Crippen LogP contribution in [0.1, 0.15) is 22.8 Å². The van der Waals surface area contributed by atoms with Crippen molar-refractivity contribution in [3.63, 3.8) is 0 Å². The molecule has 0 saturated heterocycles. The van der Waals surface area contributed by atoms with Crippen LogP contribution in [0.4, 0.5) is 5.69 Å². The molecular formula is C13H15N7O3. The number of amides is 1. The Bertz CT molecular complexity index is 706. The first-order valence-corrected chi connectivity index (χ1v) is 6.49. The number of benzene rings is 1. The highest BCUT2D eigenvalue weighted by Gasteiger charge is 2.24. The molecule has 0 aromatic heterocycles. The second kappa shape index (κ2) is 8.28. The number of likely N-dealkylation sites (N-methyl/N-ethyl adjacent to an activating group) is 1. The molecule has 0 heterocycles. The van der Waals surface area contributed by atoms with E-state index >= 15 is 0 Å². The van der Waals surface area contributed by atoms with E-state index < -0.39 is 17.9 Å². The van der Waals surface area contributed by atoms with Crippen LogP contribution in [0.15, 0.2) is 28.4 Å². The summed E-state index contributed by atoms with van der Waals surface area (Å²) in [6.07, 6.45) is 0.